The highest BCUT2D eigenvalue weighted by Crippen LogP contribution is 2.23. The Balaban J connectivity index is 4.75. The highest BCUT2D eigenvalue weighted by Gasteiger charge is 2.28. The van der Waals surface area contributed by atoms with Gasteiger partial charge in [0.15, 0.2) is 0 Å². The summed E-state index contributed by atoms with van der Waals surface area (Å²) in [5, 5.41) is 12.0. The standard InChI is InChI=1S/C17H34N2O3/c1-6-7-8-12(4)13(5)15(10-16(20)21)19-17(22)14(18)9-11(2)3/h11-15H,6-10,18H2,1-5H3,(H,19,22)(H,20,21). The van der Waals surface area contributed by atoms with E-state index in [1.807, 2.05) is 20.8 Å². The Kier molecular flexibility index (Phi) is 10.1. The van der Waals surface area contributed by atoms with Crippen molar-refractivity contribution in [3.8, 4) is 0 Å². The Morgan fingerprint density at radius 2 is 1.77 bits per heavy atom. The van der Waals surface area contributed by atoms with Crippen molar-refractivity contribution in [2.24, 2.45) is 23.5 Å². The van der Waals surface area contributed by atoms with E-state index >= 15 is 0 Å². The average Bonchev–Trinajstić information content (AvgIpc) is 2.41. The van der Waals surface area contributed by atoms with E-state index in [1.165, 1.54) is 0 Å². The Labute approximate surface area is 135 Å². The number of rotatable bonds is 11. The number of nitrogens with two attached hydrogens (primary N) is 1. The first-order valence-corrected chi connectivity index (χ1v) is 8.46. The van der Waals surface area contributed by atoms with Crippen LogP contribution in [0.5, 0.6) is 0 Å². The molecule has 5 heteroatoms. The molecular weight excluding hydrogens is 280 g/mol. The van der Waals surface area contributed by atoms with Gasteiger partial charge in [-0.15, -0.1) is 0 Å². The molecule has 0 saturated heterocycles. The summed E-state index contributed by atoms with van der Waals surface area (Å²) in [6.07, 6.45) is 3.82. The first-order valence-electron chi connectivity index (χ1n) is 8.46. The number of aliphatic carboxylic acids is 1. The summed E-state index contributed by atoms with van der Waals surface area (Å²) in [5.74, 6) is -0.324. The molecule has 4 N–H and O–H groups in total. The summed E-state index contributed by atoms with van der Waals surface area (Å²) in [6, 6.07) is -0.940. The van der Waals surface area contributed by atoms with Crippen molar-refractivity contribution < 1.29 is 14.7 Å². The van der Waals surface area contributed by atoms with Crippen LogP contribution in [-0.2, 0) is 9.59 Å². The molecule has 0 aromatic heterocycles. The number of hydrogen-bond donors (Lipinski definition) is 3. The normalized spacial score (nSPS) is 16.9. The van der Waals surface area contributed by atoms with E-state index in [2.05, 4.69) is 19.2 Å². The number of carboxylic acids is 1. The van der Waals surface area contributed by atoms with Crippen molar-refractivity contribution in [2.45, 2.75) is 78.8 Å². The third-order valence-corrected chi connectivity index (χ3v) is 4.33. The van der Waals surface area contributed by atoms with Crippen LogP contribution in [0.1, 0.15) is 66.7 Å². The number of carboxylic acid groups (broad SMARTS) is 1. The highest BCUT2D eigenvalue weighted by atomic mass is 16.4. The topological polar surface area (TPSA) is 92.4 Å². The van der Waals surface area contributed by atoms with Crippen LogP contribution < -0.4 is 11.1 Å². The van der Waals surface area contributed by atoms with E-state index < -0.39 is 12.0 Å². The zero-order chi connectivity index (χ0) is 17.3. The molecular formula is C17H34N2O3. The fourth-order valence-corrected chi connectivity index (χ4v) is 2.65. The molecule has 0 aliphatic carbocycles. The molecule has 0 rings (SSSR count). The Morgan fingerprint density at radius 1 is 1.18 bits per heavy atom. The number of amides is 1. The second kappa shape index (κ2) is 10.6. The lowest BCUT2D eigenvalue weighted by Crippen LogP contribution is -2.49. The van der Waals surface area contributed by atoms with Gasteiger partial charge in [-0.25, -0.2) is 0 Å². The molecule has 4 atom stereocenters. The molecule has 0 fully saturated rings. The predicted molar refractivity (Wildman–Crippen MR) is 89.5 cm³/mol. The zero-order valence-corrected chi connectivity index (χ0v) is 14.8. The quantitative estimate of drug-likeness (QED) is 0.547. The number of nitrogens with one attached hydrogen (secondary N) is 1. The number of hydrogen-bond acceptors (Lipinski definition) is 3. The molecule has 0 radical (unpaired) electrons. The molecule has 0 spiro atoms. The van der Waals surface area contributed by atoms with Crippen LogP contribution in [0.15, 0.2) is 0 Å². The molecule has 0 aliphatic rings. The number of carbonyl (C=O) groups excluding carboxylic acids is 1. The van der Waals surface area contributed by atoms with Crippen molar-refractivity contribution in [1.29, 1.82) is 0 Å². The summed E-state index contributed by atoms with van der Waals surface area (Å²) in [6.45, 7) is 10.3. The third-order valence-electron chi connectivity index (χ3n) is 4.33. The van der Waals surface area contributed by atoms with Gasteiger partial charge >= 0.3 is 5.97 Å². The zero-order valence-electron chi connectivity index (χ0n) is 14.8. The maximum absolute atomic E-state index is 12.2. The second-order valence-electron chi connectivity index (χ2n) is 6.93. The largest absolute Gasteiger partial charge is 0.481 e. The van der Waals surface area contributed by atoms with Crippen LogP contribution in [-0.4, -0.2) is 29.1 Å². The smallest absolute Gasteiger partial charge is 0.305 e. The van der Waals surface area contributed by atoms with Gasteiger partial charge in [-0.1, -0.05) is 53.9 Å². The van der Waals surface area contributed by atoms with Crippen molar-refractivity contribution in [1.82, 2.24) is 5.32 Å². The molecule has 4 unspecified atom stereocenters. The fourth-order valence-electron chi connectivity index (χ4n) is 2.65. The molecule has 0 bridgehead atoms. The van der Waals surface area contributed by atoms with Crippen molar-refractivity contribution in [2.75, 3.05) is 0 Å². The van der Waals surface area contributed by atoms with Gasteiger partial charge < -0.3 is 16.2 Å². The van der Waals surface area contributed by atoms with E-state index in [0.29, 0.717) is 18.3 Å². The monoisotopic (exact) mass is 314 g/mol. The number of unbranched alkanes of at least 4 members (excludes halogenated alkanes) is 1. The van der Waals surface area contributed by atoms with E-state index in [9.17, 15) is 9.59 Å². The second-order valence-corrected chi connectivity index (χ2v) is 6.93. The van der Waals surface area contributed by atoms with Gasteiger partial charge in [0.1, 0.15) is 0 Å². The lowest BCUT2D eigenvalue weighted by Gasteiger charge is -2.30. The first kappa shape index (κ1) is 20.9. The average molecular weight is 314 g/mol. The SMILES string of the molecule is CCCCC(C)C(C)C(CC(=O)O)NC(=O)C(N)CC(C)C. The molecule has 1 amide bonds. The van der Waals surface area contributed by atoms with E-state index in [1.54, 1.807) is 0 Å². The van der Waals surface area contributed by atoms with Crippen molar-refractivity contribution in [3.05, 3.63) is 0 Å². The van der Waals surface area contributed by atoms with E-state index in [0.717, 1.165) is 19.3 Å². The fraction of sp³-hybridized carbons (Fsp3) is 0.882. The van der Waals surface area contributed by atoms with Crippen molar-refractivity contribution in [3.63, 3.8) is 0 Å². The van der Waals surface area contributed by atoms with Gasteiger partial charge in [0.25, 0.3) is 0 Å². The molecule has 0 aromatic rings. The lowest BCUT2D eigenvalue weighted by molar-refractivity contribution is -0.138. The van der Waals surface area contributed by atoms with Gasteiger partial charge in [0.2, 0.25) is 5.91 Å². The lowest BCUT2D eigenvalue weighted by atomic mass is 9.84. The summed E-state index contributed by atoms with van der Waals surface area (Å²) in [5.41, 5.74) is 5.89. The molecule has 0 aromatic carbocycles. The number of carbonyl (C=O) groups is 2. The molecule has 5 nitrogen and oxygen atoms in total. The van der Waals surface area contributed by atoms with Crippen LogP contribution in [0.2, 0.25) is 0 Å². The summed E-state index contributed by atoms with van der Waals surface area (Å²) < 4.78 is 0. The molecule has 22 heavy (non-hydrogen) atoms. The predicted octanol–water partition coefficient (Wildman–Crippen LogP) is 2.78. The van der Waals surface area contributed by atoms with E-state index in [-0.39, 0.29) is 24.3 Å². The summed E-state index contributed by atoms with van der Waals surface area (Å²) in [4.78, 5) is 23.3. The molecule has 0 aliphatic heterocycles. The minimum absolute atomic E-state index is 0.0578. The van der Waals surface area contributed by atoms with Crippen LogP contribution in [0, 0.1) is 17.8 Å². The minimum atomic E-state index is -0.891. The van der Waals surface area contributed by atoms with Gasteiger partial charge in [-0.2, -0.15) is 0 Å². The third kappa shape index (κ3) is 8.37. The Hall–Kier alpha value is -1.10. The molecule has 130 valence electrons. The van der Waals surface area contributed by atoms with Gasteiger partial charge in [0, 0.05) is 6.04 Å². The van der Waals surface area contributed by atoms with Crippen LogP contribution in [0.25, 0.3) is 0 Å². The van der Waals surface area contributed by atoms with Crippen LogP contribution in [0.4, 0.5) is 0 Å². The summed E-state index contributed by atoms with van der Waals surface area (Å²) in [7, 11) is 0. The van der Waals surface area contributed by atoms with Gasteiger partial charge in [-0.3, -0.25) is 9.59 Å². The Morgan fingerprint density at radius 3 is 2.23 bits per heavy atom. The maximum Gasteiger partial charge on any atom is 0.305 e. The Bertz CT molecular complexity index is 345. The van der Waals surface area contributed by atoms with Gasteiger partial charge in [0.05, 0.1) is 12.5 Å². The highest BCUT2D eigenvalue weighted by molar-refractivity contribution is 5.82. The molecule has 0 heterocycles. The maximum atomic E-state index is 12.2. The van der Waals surface area contributed by atoms with Gasteiger partial charge in [-0.05, 0) is 24.2 Å². The van der Waals surface area contributed by atoms with Crippen LogP contribution >= 0.6 is 0 Å². The molecule has 0 saturated carbocycles. The van der Waals surface area contributed by atoms with E-state index in [4.69, 9.17) is 10.8 Å². The minimum Gasteiger partial charge on any atom is -0.481 e. The summed E-state index contributed by atoms with van der Waals surface area (Å²) >= 11 is 0. The van der Waals surface area contributed by atoms with Crippen molar-refractivity contribution >= 4 is 11.9 Å². The first-order chi connectivity index (χ1) is 10.2. The van der Waals surface area contributed by atoms with Crippen LogP contribution in [0.3, 0.4) is 0 Å².